The minimum absolute atomic E-state index is 0.175. The standard InChI is InChI=1S/C16H17BrN2O3/c1-10(12-6-3-4-7-13(12)17)18-15(20)11(2)19-16(21)14-8-5-9-22-14/h3-11H,1-2H3,(H,18,20)(H,19,21). The topological polar surface area (TPSA) is 71.3 Å². The summed E-state index contributed by atoms with van der Waals surface area (Å²) >= 11 is 3.46. The summed E-state index contributed by atoms with van der Waals surface area (Å²) in [6, 6.07) is 9.99. The summed E-state index contributed by atoms with van der Waals surface area (Å²) in [6.07, 6.45) is 1.41. The van der Waals surface area contributed by atoms with E-state index in [1.54, 1.807) is 19.1 Å². The molecule has 1 aromatic heterocycles. The van der Waals surface area contributed by atoms with E-state index in [1.807, 2.05) is 31.2 Å². The van der Waals surface area contributed by atoms with Crippen LogP contribution in [0.5, 0.6) is 0 Å². The Bertz CT molecular complexity index is 655. The summed E-state index contributed by atoms with van der Waals surface area (Å²) in [5.41, 5.74) is 0.973. The molecule has 0 bridgehead atoms. The van der Waals surface area contributed by atoms with Crippen molar-refractivity contribution >= 4 is 27.7 Å². The van der Waals surface area contributed by atoms with Crippen LogP contribution in [0.15, 0.2) is 51.6 Å². The molecule has 0 saturated heterocycles. The molecule has 0 aliphatic carbocycles. The van der Waals surface area contributed by atoms with Crippen LogP contribution < -0.4 is 10.6 Å². The number of carbonyl (C=O) groups is 2. The lowest BCUT2D eigenvalue weighted by atomic mass is 10.1. The van der Waals surface area contributed by atoms with Crippen molar-refractivity contribution < 1.29 is 14.0 Å². The van der Waals surface area contributed by atoms with Crippen LogP contribution in [0.2, 0.25) is 0 Å². The molecule has 2 unspecified atom stereocenters. The summed E-state index contributed by atoms with van der Waals surface area (Å²) in [5, 5.41) is 5.47. The minimum atomic E-state index is -0.664. The minimum Gasteiger partial charge on any atom is -0.459 e. The highest BCUT2D eigenvalue weighted by molar-refractivity contribution is 9.10. The van der Waals surface area contributed by atoms with Crippen LogP contribution in [0, 0.1) is 0 Å². The Labute approximate surface area is 137 Å². The fourth-order valence-electron chi connectivity index (χ4n) is 1.98. The van der Waals surface area contributed by atoms with E-state index in [0.29, 0.717) is 0 Å². The highest BCUT2D eigenvalue weighted by atomic mass is 79.9. The number of benzene rings is 1. The zero-order valence-corrected chi connectivity index (χ0v) is 13.9. The zero-order chi connectivity index (χ0) is 16.1. The van der Waals surface area contributed by atoms with E-state index in [0.717, 1.165) is 10.0 Å². The van der Waals surface area contributed by atoms with Crippen LogP contribution in [0.3, 0.4) is 0 Å². The third-order valence-electron chi connectivity index (χ3n) is 3.22. The number of furan rings is 1. The molecule has 2 aromatic rings. The molecule has 1 heterocycles. The summed E-state index contributed by atoms with van der Waals surface area (Å²) in [7, 11) is 0. The smallest absolute Gasteiger partial charge is 0.287 e. The largest absolute Gasteiger partial charge is 0.459 e. The molecule has 0 fully saturated rings. The van der Waals surface area contributed by atoms with Crippen molar-refractivity contribution in [2.45, 2.75) is 25.9 Å². The van der Waals surface area contributed by atoms with Crippen molar-refractivity contribution in [1.82, 2.24) is 10.6 Å². The number of hydrogen-bond donors (Lipinski definition) is 2. The van der Waals surface area contributed by atoms with Crippen molar-refractivity contribution in [2.75, 3.05) is 0 Å². The Balaban J connectivity index is 1.94. The van der Waals surface area contributed by atoms with Gasteiger partial charge < -0.3 is 15.1 Å². The second-order valence-electron chi connectivity index (χ2n) is 4.92. The number of halogens is 1. The van der Waals surface area contributed by atoms with E-state index in [-0.39, 0.29) is 17.7 Å². The van der Waals surface area contributed by atoms with Gasteiger partial charge in [-0.05, 0) is 37.6 Å². The molecule has 0 aliphatic heterocycles. The van der Waals surface area contributed by atoms with Crippen LogP contribution in [-0.2, 0) is 4.79 Å². The molecule has 0 radical (unpaired) electrons. The van der Waals surface area contributed by atoms with Crippen LogP contribution >= 0.6 is 15.9 Å². The van der Waals surface area contributed by atoms with Crippen molar-refractivity contribution in [3.8, 4) is 0 Å². The van der Waals surface area contributed by atoms with Gasteiger partial charge in [0.15, 0.2) is 5.76 Å². The highest BCUT2D eigenvalue weighted by Crippen LogP contribution is 2.22. The maximum Gasteiger partial charge on any atom is 0.287 e. The molecule has 116 valence electrons. The monoisotopic (exact) mass is 364 g/mol. The molecule has 2 rings (SSSR count). The molecule has 2 atom stereocenters. The number of hydrogen-bond acceptors (Lipinski definition) is 3. The van der Waals surface area contributed by atoms with Crippen LogP contribution in [0.25, 0.3) is 0 Å². The molecule has 22 heavy (non-hydrogen) atoms. The van der Waals surface area contributed by atoms with Gasteiger partial charge in [-0.1, -0.05) is 34.1 Å². The molecule has 2 amide bonds. The van der Waals surface area contributed by atoms with Gasteiger partial charge in [-0.2, -0.15) is 0 Å². The third kappa shape index (κ3) is 3.98. The lowest BCUT2D eigenvalue weighted by Crippen LogP contribution is -2.45. The Hall–Kier alpha value is -2.08. The number of carbonyl (C=O) groups excluding carboxylic acids is 2. The van der Waals surface area contributed by atoms with Crippen molar-refractivity contribution in [3.63, 3.8) is 0 Å². The number of amides is 2. The normalized spacial score (nSPS) is 13.2. The van der Waals surface area contributed by atoms with E-state index in [4.69, 9.17) is 4.42 Å². The molecule has 0 spiro atoms. The molecule has 6 heteroatoms. The Morgan fingerprint density at radius 3 is 2.45 bits per heavy atom. The van der Waals surface area contributed by atoms with Crippen molar-refractivity contribution in [1.29, 1.82) is 0 Å². The molecular weight excluding hydrogens is 348 g/mol. The highest BCUT2D eigenvalue weighted by Gasteiger charge is 2.20. The average Bonchev–Trinajstić information content (AvgIpc) is 3.01. The van der Waals surface area contributed by atoms with Gasteiger partial charge in [0.2, 0.25) is 5.91 Å². The predicted molar refractivity (Wildman–Crippen MR) is 86.3 cm³/mol. The van der Waals surface area contributed by atoms with Gasteiger partial charge in [0.1, 0.15) is 6.04 Å². The fraction of sp³-hybridized carbons (Fsp3) is 0.250. The first-order valence-corrected chi connectivity index (χ1v) is 7.67. The van der Waals surface area contributed by atoms with Gasteiger partial charge in [-0.25, -0.2) is 0 Å². The van der Waals surface area contributed by atoms with Gasteiger partial charge in [0.25, 0.3) is 5.91 Å². The molecule has 0 aliphatic rings. The molecular formula is C16H17BrN2O3. The first-order valence-electron chi connectivity index (χ1n) is 6.88. The van der Waals surface area contributed by atoms with Crippen LogP contribution in [0.1, 0.15) is 36.0 Å². The third-order valence-corrected chi connectivity index (χ3v) is 3.94. The Morgan fingerprint density at radius 2 is 1.82 bits per heavy atom. The van der Waals surface area contributed by atoms with Gasteiger partial charge in [0.05, 0.1) is 12.3 Å². The molecule has 1 aromatic carbocycles. The quantitative estimate of drug-likeness (QED) is 0.856. The first-order chi connectivity index (χ1) is 10.5. The molecule has 0 saturated carbocycles. The summed E-state index contributed by atoms with van der Waals surface area (Å²) in [6.45, 7) is 3.52. The van der Waals surface area contributed by atoms with Gasteiger partial charge in [-0.15, -0.1) is 0 Å². The molecule has 2 N–H and O–H groups in total. The second kappa shape index (κ2) is 7.26. The Morgan fingerprint density at radius 1 is 1.09 bits per heavy atom. The average molecular weight is 365 g/mol. The van der Waals surface area contributed by atoms with Gasteiger partial charge >= 0.3 is 0 Å². The van der Waals surface area contributed by atoms with E-state index < -0.39 is 11.9 Å². The summed E-state index contributed by atoms with van der Waals surface area (Å²) in [4.78, 5) is 24.0. The van der Waals surface area contributed by atoms with Crippen molar-refractivity contribution in [3.05, 3.63) is 58.5 Å². The predicted octanol–water partition coefficient (Wildman–Crippen LogP) is 3.04. The lowest BCUT2D eigenvalue weighted by molar-refractivity contribution is -0.123. The Kier molecular flexibility index (Phi) is 5.38. The maximum atomic E-state index is 12.2. The van der Waals surface area contributed by atoms with Crippen molar-refractivity contribution in [2.24, 2.45) is 0 Å². The molecule has 5 nitrogen and oxygen atoms in total. The summed E-state index contributed by atoms with van der Waals surface area (Å²) < 4.78 is 5.92. The van der Waals surface area contributed by atoms with E-state index in [9.17, 15) is 9.59 Å². The SMILES string of the molecule is CC(NC(=O)c1ccco1)C(=O)NC(C)c1ccccc1Br. The van der Waals surface area contributed by atoms with Crippen LogP contribution in [-0.4, -0.2) is 17.9 Å². The fourth-order valence-corrected chi connectivity index (χ4v) is 2.61. The van der Waals surface area contributed by atoms with Gasteiger partial charge in [-0.3, -0.25) is 9.59 Å². The maximum absolute atomic E-state index is 12.2. The zero-order valence-electron chi connectivity index (χ0n) is 12.3. The second-order valence-corrected chi connectivity index (χ2v) is 5.78. The number of nitrogens with one attached hydrogen (secondary N) is 2. The van der Waals surface area contributed by atoms with E-state index in [1.165, 1.54) is 6.26 Å². The van der Waals surface area contributed by atoms with Crippen LogP contribution in [0.4, 0.5) is 0 Å². The van der Waals surface area contributed by atoms with E-state index in [2.05, 4.69) is 26.6 Å². The first kappa shape index (κ1) is 16.3. The number of rotatable bonds is 5. The lowest BCUT2D eigenvalue weighted by Gasteiger charge is -2.19. The summed E-state index contributed by atoms with van der Waals surface area (Å²) in [5.74, 6) is -0.497. The van der Waals surface area contributed by atoms with Gasteiger partial charge in [0, 0.05) is 4.47 Å². The van der Waals surface area contributed by atoms with E-state index >= 15 is 0 Å².